The summed E-state index contributed by atoms with van der Waals surface area (Å²) in [6, 6.07) is 4.94. The zero-order valence-electron chi connectivity index (χ0n) is 12.9. The van der Waals surface area contributed by atoms with Crippen LogP contribution in [0.15, 0.2) is 24.5 Å². The number of fused-ring (bicyclic) bond motifs is 1. The van der Waals surface area contributed by atoms with Crippen molar-refractivity contribution in [3.05, 3.63) is 41.3 Å². The third-order valence-electron chi connectivity index (χ3n) is 4.69. The van der Waals surface area contributed by atoms with Gasteiger partial charge in [-0.3, -0.25) is 4.68 Å². The maximum atomic E-state index is 4.76. The fourth-order valence-corrected chi connectivity index (χ4v) is 3.35. The summed E-state index contributed by atoms with van der Waals surface area (Å²) in [6.45, 7) is 3.19. The van der Waals surface area contributed by atoms with Crippen molar-refractivity contribution < 1.29 is 0 Å². The van der Waals surface area contributed by atoms with Gasteiger partial charge in [0.25, 0.3) is 0 Å². The van der Waals surface area contributed by atoms with E-state index in [0.717, 1.165) is 44.7 Å². The standard InChI is InChI=1S/C17H23N5/c1-2-14-4-6-15(21-17(14)19-8-1)5-3-13-10-20-22(12-13)16-7-9-18-11-16/h4,6,10,12,16,18H,1-3,5,7-9,11H2,(H,19,21). The Morgan fingerprint density at radius 3 is 3.14 bits per heavy atom. The van der Waals surface area contributed by atoms with Gasteiger partial charge >= 0.3 is 0 Å². The first-order valence-corrected chi connectivity index (χ1v) is 8.35. The minimum atomic E-state index is 0.528. The zero-order valence-corrected chi connectivity index (χ0v) is 12.9. The summed E-state index contributed by atoms with van der Waals surface area (Å²) in [7, 11) is 0. The molecule has 1 fully saturated rings. The van der Waals surface area contributed by atoms with Gasteiger partial charge in [-0.1, -0.05) is 6.07 Å². The number of hydrogen-bond donors (Lipinski definition) is 2. The number of rotatable bonds is 4. The van der Waals surface area contributed by atoms with Gasteiger partial charge < -0.3 is 10.6 Å². The zero-order chi connectivity index (χ0) is 14.8. The summed E-state index contributed by atoms with van der Waals surface area (Å²) < 4.78 is 2.12. The van der Waals surface area contributed by atoms with Crippen LogP contribution in [0.25, 0.3) is 0 Å². The first kappa shape index (κ1) is 13.8. The van der Waals surface area contributed by atoms with Crippen LogP contribution >= 0.6 is 0 Å². The molecule has 116 valence electrons. The highest BCUT2D eigenvalue weighted by Crippen LogP contribution is 2.20. The van der Waals surface area contributed by atoms with E-state index in [9.17, 15) is 0 Å². The Bertz CT molecular complexity index is 642. The summed E-state index contributed by atoms with van der Waals surface area (Å²) >= 11 is 0. The molecule has 2 aliphatic heterocycles. The average Bonchev–Trinajstić information content (AvgIpc) is 3.24. The third-order valence-corrected chi connectivity index (χ3v) is 4.69. The molecule has 2 aromatic rings. The minimum absolute atomic E-state index is 0.528. The van der Waals surface area contributed by atoms with Crippen molar-refractivity contribution in [3.63, 3.8) is 0 Å². The van der Waals surface area contributed by atoms with Gasteiger partial charge in [-0.2, -0.15) is 5.10 Å². The Balaban J connectivity index is 1.40. The van der Waals surface area contributed by atoms with Gasteiger partial charge in [0.2, 0.25) is 0 Å². The first-order valence-electron chi connectivity index (χ1n) is 8.35. The van der Waals surface area contributed by atoms with Gasteiger partial charge in [0.15, 0.2) is 0 Å². The molecule has 0 spiro atoms. The molecule has 1 saturated heterocycles. The smallest absolute Gasteiger partial charge is 0.129 e. The van der Waals surface area contributed by atoms with Crippen LogP contribution in [0.5, 0.6) is 0 Å². The summed E-state index contributed by atoms with van der Waals surface area (Å²) in [5.41, 5.74) is 3.83. The lowest BCUT2D eigenvalue weighted by atomic mass is 10.1. The predicted molar refractivity (Wildman–Crippen MR) is 87.2 cm³/mol. The highest BCUT2D eigenvalue weighted by Gasteiger charge is 2.17. The number of nitrogens with one attached hydrogen (secondary N) is 2. The highest BCUT2D eigenvalue weighted by atomic mass is 15.3. The Hall–Kier alpha value is -1.88. The largest absolute Gasteiger partial charge is 0.370 e. The van der Waals surface area contributed by atoms with Crippen LogP contribution < -0.4 is 10.6 Å². The van der Waals surface area contributed by atoms with Gasteiger partial charge in [0.1, 0.15) is 5.82 Å². The van der Waals surface area contributed by atoms with Crippen LogP contribution in [-0.4, -0.2) is 34.4 Å². The molecule has 2 aliphatic rings. The van der Waals surface area contributed by atoms with Crippen molar-refractivity contribution in [1.82, 2.24) is 20.1 Å². The molecule has 0 bridgehead atoms. The molecule has 4 heterocycles. The lowest BCUT2D eigenvalue weighted by molar-refractivity contribution is 0.490. The van der Waals surface area contributed by atoms with E-state index < -0.39 is 0 Å². The molecular formula is C17H23N5. The molecule has 2 N–H and O–H groups in total. The van der Waals surface area contributed by atoms with E-state index in [1.165, 1.54) is 29.7 Å². The van der Waals surface area contributed by atoms with Crippen molar-refractivity contribution >= 4 is 5.82 Å². The molecule has 0 saturated carbocycles. The Morgan fingerprint density at radius 2 is 2.23 bits per heavy atom. The normalized spacial score (nSPS) is 20.6. The van der Waals surface area contributed by atoms with Crippen molar-refractivity contribution in [2.45, 2.75) is 38.1 Å². The van der Waals surface area contributed by atoms with Crippen molar-refractivity contribution in [1.29, 1.82) is 0 Å². The minimum Gasteiger partial charge on any atom is -0.370 e. The van der Waals surface area contributed by atoms with Crippen LogP contribution in [0.1, 0.15) is 35.7 Å². The van der Waals surface area contributed by atoms with Crippen molar-refractivity contribution in [2.75, 3.05) is 25.0 Å². The summed E-state index contributed by atoms with van der Waals surface area (Å²) in [6.07, 6.45) is 9.74. The van der Waals surface area contributed by atoms with Crippen molar-refractivity contribution in [3.8, 4) is 0 Å². The summed E-state index contributed by atoms with van der Waals surface area (Å²) in [5, 5.41) is 11.3. The van der Waals surface area contributed by atoms with Crippen LogP contribution in [0.2, 0.25) is 0 Å². The molecule has 22 heavy (non-hydrogen) atoms. The lowest BCUT2D eigenvalue weighted by Gasteiger charge is -2.17. The van der Waals surface area contributed by atoms with E-state index >= 15 is 0 Å². The summed E-state index contributed by atoms with van der Waals surface area (Å²) in [4.78, 5) is 4.76. The fraction of sp³-hybridized carbons (Fsp3) is 0.529. The van der Waals surface area contributed by atoms with E-state index in [-0.39, 0.29) is 0 Å². The number of pyridine rings is 1. The molecule has 5 heteroatoms. The molecule has 0 amide bonds. The Morgan fingerprint density at radius 1 is 1.23 bits per heavy atom. The molecule has 0 aliphatic carbocycles. The second-order valence-corrected chi connectivity index (χ2v) is 6.32. The number of anilines is 1. The molecule has 5 nitrogen and oxygen atoms in total. The predicted octanol–water partition coefficient (Wildman–Crippen LogP) is 1.96. The first-order chi connectivity index (χ1) is 10.9. The highest BCUT2D eigenvalue weighted by molar-refractivity contribution is 5.47. The van der Waals surface area contributed by atoms with Crippen LogP contribution in [0.3, 0.4) is 0 Å². The van der Waals surface area contributed by atoms with Gasteiger partial charge in [0, 0.05) is 25.0 Å². The van der Waals surface area contributed by atoms with Gasteiger partial charge in [-0.05, 0) is 55.8 Å². The van der Waals surface area contributed by atoms with E-state index in [1.807, 2.05) is 6.20 Å². The van der Waals surface area contributed by atoms with E-state index in [4.69, 9.17) is 4.98 Å². The number of hydrogen-bond acceptors (Lipinski definition) is 4. The summed E-state index contributed by atoms with van der Waals surface area (Å²) in [5.74, 6) is 1.09. The molecule has 1 atom stereocenters. The van der Waals surface area contributed by atoms with Crippen LogP contribution in [0, 0.1) is 0 Å². The van der Waals surface area contributed by atoms with Crippen LogP contribution in [-0.2, 0) is 19.3 Å². The van der Waals surface area contributed by atoms with Gasteiger partial charge in [-0.15, -0.1) is 0 Å². The van der Waals surface area contributed by atoms with E-state index in [0.29, 0.717) is 6.04 Å². The Kier molecular flexibility index (Phi) is 3.81. The molecule has 4 rings (SSSR count). The molecule has 0 radical (unpaired) electrons. The van der Waals surface area contributed by atoms with Gasteiger partial charge in [0.05, 0.1) is 12.2 Å². The molecule has 1 unspecified atom stereocenters. The quantitative estimate of drug-likeness (QED) is 0.906. The van der Waals surface area contributed by atoms with Crippen molar-refractivity contribution in [2.24, 2.45) is 0 Å². The Labute approximate surface area is 131 Å². The SMILES string of the molecule is c1nn(C2CCNC2)cc1CCc1ccc2c(n1)NCCC2. The lowest BCUT2D eigenvalue weighted by Crippen LogP contribution is -2.14. The monoisotopic (exact) mass is 297 g/mol. The van der Waals surface area contributed by atoms with Gasteiger partial charge in [-0.25, -0.2) is 4.98 Å². The fourth-order valence-electron chi connectivity index (χ4n) is 3.35. The molecule has 2 aromatic heterocycles. The maximum Gasteiger partial charge on any atom is 0.129 e. The second-order valence-electron chi connectivity index (χ2n) is 6.32. The topological polar surface area (TPSA) is 54.8 Å². The average molecular weight is 297 g/mol. The van der Waals surface area contributed by atoms with E-state index in [2.05, 4.69) is 38.7 Å². The maximum absolute atomic E-state index is 4.76. The number of aromatic nitrogens is 3. The number of nitrogens with zero attached hydrogens (tertiary/aromatic N) is 3. The second kappa shape index (κ2) is 6.08. The third kappa shape index (κ3) is 2.86. The molecule has 0 aromatic carbocycles. The number of aryl methyl sites for hydroxylation is 3. The van der Waals surface area contributed by atoms with E-state index in [1.54, 1.807) is 0 Å². The molecular weight excluding hydrogens is 274 g/mol. The van der Waals surface area contributed by atoms with Crippen LogP contribution in [0.4, 0.5) is 5.82 Å².